The predicted molar refractivity (Wildman–Crippen MR) is 128 cm³/mol. The van der Waals surface area contributed by atoms with Gasteiger partial charge in [0.25, 0.3) is 5.91 Å². The van der Waals surface area contributed by atoms with E-state index in [9.17, 15) is 9.59 Å². The van der Waals surface area contributed by atoms with E-state index in [4.69, 9.17) is 9.15 Å². The highest BCUT2D eigenvalue weighted by Crippen LogP contribution is 2.22. The Labute approximate surface area is 190 Å². The second kappa shape index (κ2) is 10.6. The van der Waals surface area contributed by atoms with E-state index in [0.717, 1.165) is 16.5 Å². The van der Waals surface area contributed by atoms with Crippen molar-refractivity contribution in [3.05, 3.63) is 103 Å². The summed E-state index contributed by atoms with van der Waals surface area (Å²) < 4.78 is 10.4. The summed E-state index contributed by atoms with van der Waals surface area (Å²) in [4.78, 5) is 24.1. The molecule has 1 heterocycles. The van der Waals surface area contributed by atoms with E-state index in [1.807, 2.05) is 42.5 Å². The third kappa shape index (κ3) is 6.18. The van der Waals surface area contributed by atoms with Crippen molar-refractivity contribution in [3.63, 3.8) is 0 Å². The van der Waals surface area contributed by atoms with E-state index in [-0.39, 0.29) is 12.5 Å². The molecule has 3 aromatic carbocycles. The molecule has 0 bridgehead atoms. The molecule has 0 aliphatic heterocycles. The standard InChI is InChI=1S/C26H21N3O4/c30-25(18-27-24-12-4-8-20-7-1-2-11-23(20)24)29-28-17-19-6-3-9-22(16-19)33-26(31)14-13-21-10-5-15-32-21/h1-17,27H,18H2,(H,29,30)/b14-13-,28-17-. The maximum absolute atomic E-state index is 12.2. The minimum Gasteiger partial charge on any atom is -0.465 e. The van der Waals surface area contributed by atoms with Crippen LogP contribution in [-0.4, -0.2) is 24.6 Å². The number of carbonyl (C=O) groups excluding carboxylic acids is 2. The molecule has 0 radical (unpaired) electrons. The van der Waals surface area contributed by atoms with Crippen LogP contribution in [0.3, 0.4) is 0 Å². The Hall–Kier alpha value is -4.65. The van der Waals surface area contributed by atoms with E-state index in [0.29, 0.717) is 17.1 Å². The summed E-state index contributed by atoms with van der Waals surface area (Å²) in [6, 6.07) is 24.1. The zero-order valence-corrected chi connectivity index (χ0v) is 17.6. The molecule has 4 aromatic rings. The average molecular weight is 439 g/mol. The smallest absolute Gasteiger partial charge is 0.336 e. The molecule has 4 rings (SSSR count). The molecule has 2 N–H and O–H groups in total. The van der Waals surface area contributed by atoms with Crippen LogP contribution >= 0.6 is 0 Å². The first kappa shape index (κ1) is 21.6. The number of carbonyl (C=O) groups is 2. The highest BCUT2D eigenvalue weighted by Gasteiger charge is 2.04. The molecular formula is C26H21N3O4. The number of hydrogen-bond acceptors (Lipinski definition) is 6. The molecule has 0 aliphatic rings. The maximum atomic E-state index is 12.2. The van der Waals surface area contributed by atoms with Crippen molar-refractivity contribution in [2.45, 2.75) is 0 Å². The van der Waals surface area contributed by atoms with Gasteiger partial charge in [-0.2, -0.15) is 5.10 Å². The number of rotatable bonds is 8. The summed E-state index contributed by atoms with van der Waals surface area (Å²) in [5.74, 6) is 0.0913. The summed E-state index contributed by atoms with van der Waals surface area (Å²) in [5.41, 5.74) is 4.03. The Morgan fingerprint density at radius 2 is 1.82 bits per heavy atom. The molecule has 7 nitrogen and oxygen atoms in total. The molecule has 33 heavy (non-hydrogen) atoms. The number of benzene rings is 3. The molecule has 0 saturated heterocycles. The lowest BCUT2D eigenvalue weighted by Crippen LogP contribution is -2.25. The molecule has 0 aliphatic carbocycles. The van der Waals surface area contributed by atoms with Crippen LogP contribution in [0.5, 0.6) is 5.75 Å². The van der Waals surface area contributed by atoms with Crippen LogP contribution in [0.1, 0.15) is 11.3 Å². The lowest BCUT2D eigenvalue weighted by Gasteiger charge is -2.08. The molecular weight excluding hydrogens is 418 g/mol. The number of hydrazone groups is 1. The fourth-order valence-corrected chi connectivity index (χ4v) is 3.12. The Morgan fingerprint density at radius 1 is 0.970 bits per heavy atom. The first-order valence-corrected chi connectivity index (χ1v) is 10.2. The molecule has 7 heteroatoms. The number of anilines is 1. The van der Waals surface area contributed by atoms with E-state index >= 15 is 0 Å². The average Bonchev–Trinajstić information content (AvgIpc) is 3.35. The zero-order chi connectivity index (χ0) is 22.9. The second-order valence-electron chi connectivity index (χ2n) is 7.02. The molecule has 0 fully saturated rings. The van der Waals surface area contributed by atoms with Crippen molar-refractivity contribution in [1.29, 1.82) is 0 Å². The van der Waals surface area contributed by atoms with Crippen LogP contribution < -0.4 is 15.5 Å². The normalized spacial score (nSPS) is 11.2. The monoisotopic (exact) mass is 439 g/mol. The second-order valence-corrected chi connectivity index (χ2v) is 7.02. The summed E-state index contributed by atoms with van der Waals surface area (Å²) in [7, 11) is 0. The highest BCUT2D eigenvalue weighted by atomic mass is 16.5. The Kier molecular flexibility index (Phi) is 6.92. The number of furan rings is 1. The van der Waals surface area contributed by atoms with Crippen LogP contribution in [0.2, 0.25) is 0 Å². The quantitative estimate of drug-likeness (QED) is 0.137. The van der Waals surface area contributed by atoms with Crippen molar-refractivity contribution < 1.29 is 18.7 Å². The minimum absolute atomic E-state index is 0.0744. The van der Waals surface area contributed by atoms with Gasteiger partial charge in [0.1, 0.15) is 11.5 Å². The molecule has 164 valence electrons. The van der Waals surface area contributed by atoms with Gasteiger partial charge in [-0.15, -0.1) is 0 Å². The lowest BCUT2D eigenvalue weighted by atomic mass is 10.1. The van der Waals surface area contributed by atoms with E-state index in [1.165, 1.54) is 24.6 Å². The molecule has 0 atom stereocenters. The Morgan fingerprint density at radius 3 is 2.70 bits per heavy atom. The number of hydrogen-bond donors (Lipinski definition) is 2. The number of amides is 1. The summed E-state index contributed by atoms with van der Waals surface area (Å²) in [6.45, 7) is 0.0744. The highest BCUT2D eigenvalue weighted by molar-refractivity contribution is 5.95. The number of nitrogens with one attached hydrogen (secondary N) is 2. The van der Waals surface area contributed by atoms with Gasteiger partial charge in [0.15, 0.2) is 0 Å². The van der Waals surface area contributed by atoms with Gasteiger partial charge >= 0.3 is 5.97 Å². The topological polar surface area (TPSA) is 92.9 Å². The van der Waals surface area contributed by atoms with Gasteiger partial charge in [-0.1, -0.05) is 48.5 Å². The van der Waals surface area contributed by atoms with Gasteiger partial charge in [-0.25, -0.2) is 10.2 Å². The first-order chi connectivity index (χ1) is 16.2. The van der Waals surface area contributed by atoms with Crippen LogP contribution in [0.15, 0.2) is 101 Å². The van der Waals surface area contributed by atoms with Crippen LogP contribution in [0.4, 0.5) is 5.69 Å². The Bertz CT molecular complexity index is 1300. The fraction of sp³-hybridized carbons (Fsp3) is 0.0385. The van der Waals surface area contributed by atoms with E-state index < -0.39 is 5.97 Å². The van der Waals surface area contributed by atoms with Gasteiger partial charge in [-0.05, 0) is 47.4 Å². The third-order valence-corrected chi connectivity index (χ3v) is 4.64. The number of esters is 1. The summed E-state index contributed by atoms with van der Waals surface area (Å²) in [6.07, 6.45) is 5.80. The molecule has 0 unspecified atom stereocenters. The molecule has 1 amide bonds. The molecule has 0 saturated carbocycles. The van der Waals surface area contributed by atoms with Crippen molar-refractivity contribution in [2.75, 3.05) is 11.9 Å². The van der Waals surface area contributed by atoms with E-state index in [1.54, 1.807) is 36.4 Å². The van der Waals surface area contributed by atoms with Crippen LogP contribution in [0.25, 0.3) is 16.8 Å². The largest absolute Gasteiger partial charge is 0.465 e. The van der Waals surface area contributed by atoms with Gasteiger partial charge in [0.2, 0.25) is 0 Å². The van der Waals surface area contributed by atoms with Crippen molar-refractivity contribution >= 4 is 40.6 Å². The summed E-state index contributed by atoms with van der Waals surface area (Å²) in [5, 5.41) is 9.25. The minimum atomic E-state index is -0.534. The molecule has 0 spiro atoms. The van der Waals surface area contributed by atoms with Gasteiger partial charge in [0.05, 0.1) is 19.0 Å². The number of nitrogens with zero attached hydrogens (tertiary/aromatic N) is 1. The zero-order valence-electron chi connectivity index (χ0n) is 17.6. The van der Waals surface area contributed by atoms with Gasteiger partial charge in [0, 0.05) is 17.1 Å². The van der Waals surface area contributed by atoms with Crippen molar-refractivity contribution in [2.24, 2.45) is 5.10 Å². The van der Waals surface area contributed by atoms with Crippen molar-refractivity contribution in [1.82, 2.24) is 5.43 Å². The third-order valence-electron chi connectivity index (χ3n) is 4.64. The SMILES string of the molecule is O=C(CNc1cccc2ccccc12)N/N=C\c1cccc(OC(=O)/C=C\c2ccco2)c1. The van der Waals surface area contributed by atoms with Gasteiger partial charge < -0.3 is 14.5 Å². The van der Waals surface area contributed by atoms with Crippen LogP contribution in [-0.2, 0) is 9.59 Å². The van der Waals surface area contributed by atoms with Crippen LogP contribution in [0, 0.1) is 0 Å². The maximum Gasteiger partial charge on any atom is 0.336 e. The number of ether oxygens (including phenoxy) is 1. The Balaban J connectivity index is 1.28. The predicted octanol–water partition coefficient (Wildman–Crippen LogP) is 4.61. The first-order valence-electron chi connectivity index (χ1n) is 10.2. The molecule has 1 aromatic heterocycles. The van der Waals surface area contributed by atoms with E-state index in [2.05, 4.69) is 15.8 Å². The summed E-state index contributed by atoms with van der Waals surface area (Å²) >= 11 is 0. The van der Waals surface area contributed by atoms with Crippen molar-refractivity contribution in [3.8, 4) is 5.75 Å². The lowest BCUT2D eigenvalue weighted by molar-refractivity contribution is -0.129. The number of fused-ring (bicyclic) bond motifs is 1. The van der Waals surface area contributed by atoms with Gasteiger partial charge in [-0.3, -0.25) is 4.79 Å². The fourth-order valence-electron chi connectivity index (χ4n) is 3.12.